The van der Waals surface area contributed by atoms with Gasteiger partial charge in [-0.1, -0.05) is 42.5 Å². The van der Waals surface area contributed by atoms with Crippen molar-refractivity contribution >= 4 is 17.8 Å². The Labute approximate surface area is 200 Å². The summed E-state index contributed by atoms with van der Waals surface area (Å²) in [7, 11) is 0. The number of benzene rings is 2. The van der Waals surface area contributed by atoms with E-state index in [0.717, 1.165) is 18.4 Å². The maximum atomic E-state index is 13.2. The zero-order valence-corrected chi connectivity index (χ0v) is 19.7. The van der Waals surface area contributed by atoms with E-state index < -0.39 is 5.97 Å². The van der Waals surface area contributed by atoms with Gasteiger partial charge in [-0.05, 0) is 49.8 Å². The smallest absolute Gasteiger partial charge is 0.342 e. The molecule has 0 N–H and O–H groups in total. The summed E-state index contributed by atoms with van der Waals surface area (Å²) >= 11 is 0. The summed E-state index contributed by atoms with van der Waals surface area (Å²) in [5.41, 5.74) is 2.12. The lowest BCUT2D eigenvalue weighted by atomic mass is 10.0. The minimum Gasteiger partial charge on any atom is -0.490 e. The SMILES string of the molecule is C[C@@H]1CCCC(=O)CCCC=Cc2cc(OCc3ccccc3)cc(OC[C@@H]3CO3)c2C(=O)O1. The van der Waals surface area contributed by atoms with Crippen molar-refractivity contribution in [3.63, 3.8) is 0 Å². The van der Waals surface area contributed by atoms with Crippen molar-refractivity contribution in [3.8, 4) is 11.5 Å². The molecule has 1 fully saturated rings. The van der Waals surface area contributed by atoms with Crippen LogP contribution in [0.15, 0.2) is 48.5 Å². The van der Waals surface area contributed by atoms with Gasteiger partial charge in [0.25, 0.3) is 0 Å². The first-order chi connectivity index (χ1) is 16.6. The zero-order chi connectivity index (χ0) is 23.8. The summed E-state index contributed by atoms with van der Waals surface area (Å²) in [4.78, 5) is 25.3. The van der Waals surface area contributed by atoms with Crippen LogP contribution in [0, 0.1) is 0 Å². The highest BCUT2D eigenvalue weighted by atomic mass is 16.6. The van der Waals surface area contributed by atoms with E-state index in [1.54, 1.807) is 6.07 Å². The van der Waals surface area contributed by atoms with E-state index in [1.807, 2.05) is 55.5 Å². The molecule has 0 aliphatic carbocycles. The molecule has 2 aromatic carbocycles. The predicted molar refractivity (Wildman–Crippen MR) is 129 cm³/mol. The molecule has 6 heteroatoms. The molecule has 0 spiro atoms. The summed E-state index contributed by atoms with van der Waals surface area (Å²) in [6, 6.07) is 13.5. The van der Waals surface area contributed by atoms with Crippen LogP contribution in [0.4, 0.5) is 0 Å². The van der Waals surface area contributed by atoms with Gasteiger partial charge in [0.2, 0.25) is 0 Å². The van der Waals surface area contributed by atoms with Gasteiger partial charge in [-0.15, -0.1) is 0 Å². The first-order valence-corrected chi connectivity index (χ1v) is 12.1. The Morgan fingerprint density at radius 2 is 1.82 bits per heavy atom. The third kappa shape index (κ3) is 7.19. The second-order valence-corrected chi connectivity index (χ2v) is 8.87. The number of ether oxygens (including phenoxy) is 4. The van der Waals surface area contributed by atoms with E-state index in [2.05, 4.69) is 0 Å². The van der Waals surface area contributed by atoms with E-state index in [1.165, 1.54) is 0 Å². The molecule has 1 saturated heterocycles. The summed E-state index contributed by atoms with van der Waals surface area (Å²) in [6.45, 7) is 3.29. The van der Waals surface area contributed by atoms with Crippen molar-refractivity contribution in [3.05, 3.63) is 65.2 Å². The molecule has 0 saturated carbocycles. The highest BCUT2D eigenvalue weighted by Gasteiger charge is 2.27. The van der Waals surface area contributed by atoms with Gasteiger partial charge in [0, 0.05) is 18.9 Å². The van der Waals surface area contributed by atoms with E-state index in [-0.39, 0.29) is 18.0 Å². The average molecular weight is 465 g/mol. The van der Waals surface area contributed by atoms with Gasteiger partial charge in [-0.2, -0.15) is 0 Å². The van der Waals surface area contributed by atoms with Crippen LogP contribution in [0.1, 0.15) is 66.9 Å². The van der Waals surface area contributed by atoms with Crippen LogP contribution in [-0.4, -0.2) is 37.2 Å². The number of rotatable bonds is 6. The Balaban J connectivity index is 1.64. The van der Waals surface area contributed by atoms with Crippen LogP contribution >= 0.6 is 0 Å². The van der Waals surface area contributed by atoms with Crippen LogP contribution < -0.4 is 9.47 Å². The van der Waals surface area contributed by atoms with E-state index in [4.69, 9.17) is 18.9 Å². The van der Waals surface area contributed by atoms with Gasteiger partial charge in [0.15, 0.2) is 0 Å². The summed E-state index contributed by atoms with van der Waals surface area (Å²) in [6.07, 6.45) is 7.63. The maximum absolute atomic E-state index is 13.2. The maximum Gasteiger partial charge on any atom is 0.342 e. The number of cyclic esters (lactones) is 1. The molecule has 0 amide bonds. The fourth-order valence-corrected chi connectivity index (χ4v) is 3.89. The summed E-state index contributed by atoms with van der Waals surface area (Å²) < 4.78 is 23.1. The highest BCUT2D eigenvalue weighted by molar-refractivity contribution is 5.97. The molecule has 2 atom stereocenters. The second kappa shape index (κ2) is 11.8. The summed E-state index contributed by atoms with van der Waals surface area (Å²) in [5, 5.41) is 0. The van der Waals surface area contributed by atoms with Gasteiger partial charge >= 0.3 is 5.97 Å². The van der Waals surface area contributed by atoms with Crippen molar-refractivity contribution in [1.82, 2.24) is 0 Å². The van der Waals surface area contributed by atoms with Crippen LogP contribution in [0.3, 0.4) is 0 Å². The molecule has 2 aromatic rings. The van der Waals surface area contributed by atoms with E-state index >= 15 is 0 Å². The second-order valence-electron chi connectivity index (χ2n) is 8.87. The first-order valence-electron chi connectivity index (χ1n) is 12.1. The van der Waals surface area contributed by atoms with Gasteiger partial charge < -0.3 is 18.9 Å². The van der Waals surface area contributed by atoms with Gasteiger partial charge in [-0.3, -0.25) is 4.79 Å². The van der Waals surface area contributed by atoms with Gasteiger partial charge in [0.05, 0.1) is 12.7 Å². The Bertz CT molecular complexity index is 1010. The molecule has 2 aliphatic rings. The lowest BCUT2D eigenvalue weighted by Gasteiger charge is -2.19. The lowest BCUT2D eigenvalue weighted by molar-refractivity contribution is -0.119. The molecule has 34 heavy (non-hydrogen) atoms. The van der Waals surface area contributed by atoms with Crippen molar-refractivity contribution in [1.29, 1.82) is 0 Å². The monoisotopic (exact) mass is 464 g/mol. The molecule has 2 aliphatic heterocycles. The number of ketones is 1. The molecule has 180 valence electrons. The van der Waals surface area contributed by atoms with Crippen molar-refractivity contribution in [2.45, 2.75) is 64.3 Å². The fourth-order valence-electron chi connectivity index (χ4n) is 3.89. The molecule has 0 aromatic heterocycles. The van der Waals surface area contributed by atoms with Crippen molar-refractivity contribution < 1.29 is 28.5 Å². The predicted octanol–water partition coefficient (Wildman–Crippen LogP) is 5.53. The standard InChI is InChI=1S/C28H32O6/c1-20-9-8-14-23(29)13-7-3-6-12-22-15-24(31-17-21-10-4-2-5-11-21)16-26(27(22)28(30)34-20)33-19-25-18-32-25/h2,4-6,10-12,15-16,20,25H,3,7-9,13-14,17-19H2,1H3/t20-,25+/m1/s1. The lowest BCUT2D eigenvalue weighted by Crippen LogP contribution is -2.18. The van der Waals surface area contributed by atoms with Crippen LogP contribution in [-0.2, 0) is 20.9 Å². The number of allylic oxidation sites excluding steroid dienone is 1. The van der Waals surface area contributed by atoms with Crippen LogP contribution in [0.25, 0.3) is 6.08 Å². The molecule has 0 unspecified atom stereocenters. The quantitative estimate of drug-likeness (QED) is 0.414. The Hall–Kier alpha value is -3.12. The third-order valence-corrected chi connectivity index (χ3v) is 5.88. The number of Topliss-reactive ketones (excluding diaryl/α,β-unsaturated/α-hetero) is 1. The van der Waals surface area contributed by atoms with Gasteiger partial charge in [0.1, 0.15) is 42.2 Å². The first kappa shape index (κ1) is 24.0. The number of esters is 1. The minimum atomic E-state index is -0.433. The van der Waals surface area contributed by atoms with Crippen LogP contribution in [0.5, 0.6) is 11.5 Å². The molecule has 6 nitrogen and oxygen atoms in total. The topological polar surface area (TPSA) is 74.4 Å². The fraction of sp³-hybridized carbons (Fsp3) is 0.429. The third-order valence-electron chi connectivity index (χ3n) is 5.88. The number of carbonyl (C=O) groups excluding carboxylic acids is 2. The molecule has 2 heterocycles. The minimum absolute atomic E-state index is 0.0473. The number of carbonyl (C=O) groups is 2. The average Bonchev–Trinajstić information content (AvgIpc) is 3.65. The molecule has 0 radical (unpaired) electrons. The molecule has 0 bridgehead atoms. The van der Waals surface area contributed by atoms with E-state index in [9.17, 15) is 9.59 Å². The highest BCUT2D eigenvalue weighted by Crippen LogP contribution is 2.33. The zero-order valence-electron chi connectivity index (χ0n) is 19.7. The summed E-state index contributed by atoms with van der Waals surface area (Å²) in [5.74, 6) is 0.868. The number of epoxide rings is 1. The van der Waals surface area contributed by atoms with Crippen molar-refractivity contribution in [2.24, 2.45) is 0 Å². The van der Waals surface area contributed by atoms with E-state index in [0.29, 0.717) is 68.1 Å². The Morgan fingerprint density at radius 1 is 1.03 bits per heavy atom. The largest absolute Gasteiger partial charge is 0.490 e. The number of hydrogen-bond donors (Lipinski definition) is 0. The number of fused-ring (bicyclic) bond motifs is 1. The Kier molecular flexibility index (Phi) is 8.36. The Morgan fingerprint density at radius 3 is 2.62 bits per heavy atom. The normalized spacial score (nSPS) is 21.2. The molecular weight excluding hydrogens is 432 g/mol. The van der Waals surface area contributed by atoms with Crippen molar-refractivity contribution in [2.75, 3.05) is 13.2 Å². The van der Waals surface area contributed by atoms with Crippen LogP contribution in [0.2, 0.25) is 0 Å². The number of hydrogen-bond acceptors (Lipinski definition) is 6. The molecular formula is C28H32O6. The molecule has 4 rings (SSSR count). The van der Waals surface area contributed by atoms with Gasteiger partial charge in [-0.25, -0.2) is 4.79 Å².